The van der Waals surface area contributed by atoms with Gasteiger partial charge in [0.2, 0.25) is 0 Å². The summed E-state index contributed by atoms with van der Waals surface area (Å²) in [5, 5.41) is 19.0. The third-order valence-electron chi connectivity index (χ3n) is 6.52. The van der Waals surface area contributed by atoms with Crippen LogP contribution in [0.4, 0.5) is 0 Å². The SMILES string of the molecule is O=C(O)C1=CC=CN(CC2CC3CCC2C3)C1SCCCc1ccc(O)cc1. The van der Waals surface area contributed by atoms with Crippen LogP contribution in [0.2, 0.25) is 0 Å². The van der Waals surface area contributed by atoms with Crippen molar-refractivity contribution in [1.82, 2.24) is 4.90 Å². The number of thioether (sulfide) groups is 1. The number of hydrogen-bond donors (Lipinski definition) is 2. The highest BCUT2D eigenvalue weighted by Gasteiger charge is 2.41. The molecule has 4 rings (SSSR count). The standard InChI is InChI=1S/C23H29NO3S/c25-20-9-6-16(7-10-20)3-2-12-28-22-21(23(26)27)4-1-11-24(22)15-19-14-17-5-8-18(19)13-17/h1,4,6-7,9-11,17-19,22,25H,2-3,5,8,12-15H2,(H,26,27). The van der Waals surface area contributed by atoms with Crippen molar-refractivity contribution < 1.29 is 15.0 Å². The molecular weight excluding hydrogens is 370 g/mol. The first-order valence-corrected chi connectivity index (χ1v) is 11.4. The van der Waals surface area contributed by atoms with Gasteiger partial charge in [-0.05, 0) is 85.5 Å². The highest BCUT2D eigenvalue weighted by atomic mass is 32.2. The van der Waals surface area contributed by atoms with Gasteiger partial charge in [0.05, 0.1) is 5.57 Å². The van der Waals surface area contributed by atoms with Gasteiger partial charge in [-0.3, -0.25) is 0 Å². The molecule has 1 aliphatic heterocycles. The lowest BCUT2D eigenvalue weighted by molar-refractivity contribution is -0.133. The highest BCUT2D eigenvalue weighted by Crippen LogP contribution is 2.49. The van der Waals surface area contributed by atoms with Crippen molar-refractivity contribution in [2.24, 2.45) is 17.8 Å². The van der Waals surface area contributed by atoms with Crippen LogP contribution in [0.15, 0.2) is 48.2 Å². The van der Waals surface area contributed by atoms with E-state index >= 15 is 0 Å². The van der Waals surface area contributed by atoms with E-state index in [-0.39, 0.29) is 5.37 Å². The number of aryl methyl sites for hydroxylation is 1. The maximum Gasteiger partial charge on any atom is 0.334 e. The van der Waals surface area contributed by atoms with Gasteiger partial charge in [0.15, 0.2) is 0 Å². The van der Waals surface area contributed by atoms with Crippen molar-refractivity contribution in [1.29, 1.82) is 0 Å². The first-order valence-electron chi connectivity index (χ1n) is 10.4. The van der Waals surface area contributed by atoms with Crippen molar-refractivity contribution in [2.45, 2.75) is 43.9 Å². The number of aromatic hydroxyl groups is 1. The molecule has 28 heavy (non-hydrogen) atoms. The molecule has 0 saturated heterocycles. The van der Waals surface area contributed by atoms with Gasteiger partial charge >= 0.3 is 5.97 Å². The van der Waals surface area contributed by atoms with Gasteiger partial charge in [0, 0.05) is 12.7 Å². The summed E-state index contributed by atoms with van der Waals surface area (Å²) in [6.45, 7) is 0.984. The first kappa shape index (κ1) is 19.4. The normalized spacial score (nSPS) is 28.6. The number of carboxylic acids is 1. The highest BCUT2D eigenvalue weighted by molar-refractivity contribution is 8.00. The Labute approximate surface area is 171 Å². The average Bonchev–Trinajstić information content (AvgIpc) is 3.30. The number of carbonyl (C=O) groups is 1. The minimum absolute atomic E-state index is 0.0959. The van der Waals surface area contributed by atoms with E-state index in [1.165, 1.54) is 31.2 Å². The fourth-order valence-electron chi connectivity index (χ4n) is 5.12. The Morgan fingerprint density at radius 2 is 2.00 bits per heavy atom. The van der Waals surface area contributed by atoms with Crippen LogP contribution in [0.1, 0.15) is 37.7 Å². The molecule has 2 fully saturated rings. The molecule has 2 saturated carbocycles. The van der Waals surface area contributed by atoms with Crippen molar-refractivity contribution in [2.75, 3.05) is 12.3 Å². The van der Waals surface area contributed by atoms with Crippen LogP contribution in [0, 0.1) is 17.8 Å². The molecule has 4 unspecified atom stereocenters. The molecule has 1 aromatic carbocycles. The summed E-state index contributed by atoms with van der Waals surface area (Å²) in [5.74, 6) is 2.87. The summed E-state index contributed by atoms with van der Waals surface area (Å²) in [4.78, 5) is 14.1. The number of allylic oxidation sites excluding steroid dienone is 2. The van der Waals surface area contributed by atoms with E-state index in [0.717, 1.165) is 42.9 Å². The molecule has 2 aliphatic carbocycles. The number of hydrogen-bond acceptors (Lipinski definition) is 4. The minimum atomic E-state index is -0.807. The van der Waals surface area contributed by atoms with E-state index < -0.39 is 5.97 Å². The lowest BCUT2D eigenvalue weighted by Gasteiger charge is -2.36. The Hall–Kier alpha value is -1.88. The van der Waals surface area contributed by atoms with E-state index in [9.17, 15) is 15.0 Å². The molecule has 0 radical (unpaired) electrons. The first-order chi connectivity index (χ1) is 13.6. The molecule has 5 heteroatoms. The fraction of sp³-hybridized carbons (Fsp3) is 0.522. The zero-order chi connectivity index (χ0) is 19.5. The van der Waals surface area contributed by atoms with Gasteiger partial charge in [-0.1, -0.05) is 18.6 Å². The summed E-state index contributed by atoms with van der Waals surface area (Å²) in [6.07, 6.45) is 13.1. The second kappa shape index (κ2) is 8.64. The van der Waals surface area contributed by atoms with E-state index in [4.69, 9.17) is 0 Å². The third-order valence-corrected chi connectivity index (χ3v) is 7.88. The predicted octanol–water partition coefficient (Wildman–Crippen LogP) is 4.66. The van der Waals surface area contributed by atoms with E-state index in [1.807, 2.05) is 18.2 Å². The number of fused-ring (bicyclic) bond motifs is 2. The molecule has 3 aliphatic rings. The predicted molar refractivity (Wildman–Crippen MR) is 113 cm³/mol. The van der Waals surface area contributed by atoms with Crippen molar-refractivity contribution >= 4 is 17.7 Å². The topological polar surface area (TPSA) is 60.8 Å². The van der Waals surface area contributed by atoms with Crippen LogP contribution in [0.3, 0.4) is 0 Å². The number of benzene rings is 1. The molecule has 4 atom stereocenters. The zero-order valence-electron chi connectivity index (χ0n) is 16.2. The molecule has 1 heterocycles. The van der Waals surface area contributed by atoms with Crippen LogP contribution in [0.5, 0.6) is 5.75 Å². The van der Waals surface area contributed by atoms with Crippen LogP contribution >= 0.6 is 11.8 Å². The van der Waals surface area contributed by atoms with Gasteiger partial charge in [-0.15, -0.1) is 11.8 Å². The molecule has 2 bridgehead atoms. The Bertz CT molecular complexity index is 758. The molecule has 4 nitrogen and oxygen atoms in total. The molecule has 150 valence electrons. The molecule has 1 aromatic rings. The Morgan fingerprint density at radius 3 is 2.68 bits per heavy atom. The van der Waals surface area contributed by atoms with Crippen LogP contribution in [-0.4, -0.2) is 38.8 Å². The number of phenolic OH excluding ortho intramolecular Hbond substituents is 1. The fourth-order valence-corrected chi connectivity index (χ4v) is 6.36. The zero-order valence-corrected chi connectivity index (χ0v) is 17.0. The van der Waals surface area contributed by atoms with Gasteiger partial charge in [0.1, 0.15) is 11.1 Å². The van der Waals surface area contributed by atoms with Crippen LogP contribution in [-0.2, 0) is 11.2 Å². The molecule has 2 N–H and O–H groups in total. The van der Waals surface area contributed by atoms with E-state index in [0.29, 0.717) is 11.3 Å². The third kappa shape index (κ3) is 4.40. The van der Waals surface area contributed by atoms with Gasteiger partial charge in [0.25, 0.3) is 0 Å². The Morgan fingerprint density at radius 1 is 1.18 bits per heavy atom. The summed E-state index contributed by atoms with van der Waals surface area (Å²) < 4.78 is 0. The van der Waals surface area contributed by atoms with Gasteiger partial charge in [-0.2, -0.15) is 0 Å². The number of nitrogens with zero attached hydrogens (tertiary/aromatic N) is 1. The summed E-state index contributed by atoms with van der Waals surface area (Å²) >= 11 is 1.74. The van der Waals surface area contributed by atoms with Gasteiger partial charge < -0.3 is 15.1 Å². The minimum Gasteiger partial charge on any atom is -0.508 e. The van der Waals surface area contributed by atoms with E-state index in [2.05, 4.69) is 11.1 Å². The van der Waals surface area contributed by atoms with Crippen LogP contribution in [0.25, 0.3) is 0 Å². The van der Waals surface area contributed by atoms with Crippen LogP contribution < -0.4 is 0 Å². The molecular formula is C23H29NO3S. The summed E-state index contributed by atoms with van der Waals surface area (Å²) in [7, 11) is 0. The monoisotopic (exact) mass is 399 g/mol. The smallest absolute Gasteiger partial charge is 0.334 e. The number of rotatable bonds is 8. The maximum atomic E-state index is 11.8. The Balaban J connectivity index is 1.34. The van der Waals surface area contributed by atoms with Crippen molar-refractivity contribution in [3.8, 4) is 5.75 Å². The maximum absolute atomic E-state index is 11.8. The van der Waals surface area contributed by atoms with Crippen molar-refractivity contribution in [3.63, 3.8) is 0 Å². The second-order valence-corrected chi connectivity index (χ2v) is 9.58. The summed E-state index contributed by atoms with van der Waals surface area (Å²) in [6, 6.07) is 7.34. The van der Waals surface area contributed by atoms with Gasteiger partial charge in [-0.25, -0.2) is 4.79 Å². The molecule has 0 amide bonds. The quantitative estimate of drug-likeness (QED) is 0.623. The molecule has 0 spiro atoms. The number of phenols is 1. The lowest BCUT2D eigenvalue weighted by Crippen LogP contribution is -2.39. The lowest BCUT2D eigenvalue weighted by atomic mass is 9.88. The largest absolute Gasteiger partial charge is 0.508 e. The van der Waals surface area contributed by atoms with Crippen molar-refractivity contribution in [3.05, 3.63) is 53.8 Å². The summed E-state index contributed by atoms with van der Waals surface area (Å²) in [5.41, 5.74) is 1.70. The second-order valence-electron chi connectivity index (χ2n) is 8.39. The van der Waals surface area contributed by atoms with E-state index in [1.54, 1.807) is 30.0 Å². The Kier molecular flexibility index (Phi) is 6.00. The number of carboxylic acid groups (broad SMARTS) is 1. The average molecular weight is 400 g/mol. The number of aliphatic carboxylic acids is 1. The molecule has 0 aromatic heterocycles.